The molecular formula is C16H14Cl2N3NaO4S2. The average molecular weight is 470 g/mol. The molecule has 144 valence electrons. The summed E-state index contributed by atoms with van der Waals surface area (Å²) in [7, 11) is 1.33. The Morgan fingerprint density at radius 1 is 1.21 bits per heavy atom. The predicted octanol–water partition coefficient (Wildman–Crippen LogP) is -0.861. The van der Waals surface area contributed by atoms with Gasteiger partial charge in [0.1, 0.15) is 9.98 Å². The third kappa shape index (κ3) is 4.26. The van der Waals surface area contributed by atoms with Gasteiger partial charge in [-0.25, -0.2) is 9.78 Å². The minimum Gasteiger partial charge on any atom is -0.545 e. The van der Waals surface area contributed by atoms with Gasteiger partial charge < -0.3 is 9.90 Å². The number of thiophene rings is 1. The third-order valence-corrected chi connectivity index (χ3v) is 6.74. The van der Waals surface area contributed by atoms with E-state index in [0.717, 1.165) is 27.2 Å². The van der Waals surface area contributed by atoms with Crippen molar-refractivity contribution < 1.29 is 39.5 Å². The molecule has 0 saturated heterocycles. The number of nitrogens with zero attached hydrogens (tertiary/aromatic N) is 3. The number of carboxylic acids is 1. The van der Waals surface area contributed by atoms with Crippen LogP contribution in [0.1, 0.15) is 34.0 Å². The molecule has 0 aliphatic carbocycles. The summed E-state index contributed by atoms with van der Waals surface area (Å²) in [6.07, 6.45) is 0.130. The molecule has 0 amide bonds. The summed E-state index contributed by atoms with van der Waals surface area (Å²) in [5, 5.41) is 12.0. The molecule has 0 radical (unpaired) electrons. The molecule has 0 N–H and O–H groups in total. The van der Waals surface area contributed by atoms with E-state index in [0.29, 0.717) is 21.1 Å². The van der Waals surface area contributed by atoms with Gasteiger partial charge in [0.05, 0.1) is 16.2 Å². The number of aromatic carboxylic acids is 1. The summed E-state index contributed by atoms with van der Waals surface area (Å²) < 4.78 is 2.59. The van der Waals surface area contributed by atoms with Crippen LogP contribution in [0.5, 0.6) is 0 Å². The number of hydrogen-bond acceptors (Lipinski definition) is 7. The van der Waals surface area contributed by atoms with E-state index in [1.807, 2.05) is 13.8 Å². The van der Waals surface area contributed by atoms with E-state index in [1.54, 1.807) is 0 Å². The van der Waals surface area contributed by atoms with Crippen molar-refractivity contribution in [3.8, 4) is 0 Å². The molecule has 12 heteroatoms. The van der Waals surface area contributed by atoms with Gasteiger partial charge in [0.2, 0.25) is 0 Å². The zero-order chi connectivity index (χ0) is 20.0. The molecule has 0 bridgehead atoms. The molecule has 0 aromatic carbocycles. The van der Waals surface area contributed by atoms with Crippen LogP contribution in [0.2, 0.25) is 9.62 Å². The van der Waals surface area contributed by atoms with Crippen LogP contribution in [-0.4, -0.2) is 20.1 Å². The molecule has 28 heavy (non-hydrogen) atoms. The summed E-state index contributed by atoms with van der Waals surface area (Å²) in [6.45, 7) is 4.20. The monoisotopic (exact) mass is 469 g/mol. The Morgan fingerprint density at radius 3 is 2.36 bits per heavy atom. The number of rotatable bonds is 5. The summed E-state index contributed by atoms with van der Waals surface area (Å²) in [5.41, 5.74) is -1.36. The molecule has 7 nitrogen and oxygen atoms in total. The Labute approximate surface area is 199 Å². The number of aromatic nitrogens is 3. The minimum atomic E-state index is -1.48. The molecule has 0 saturated carbocycles. The first-order valence-electron chi connectivity index (χ1n) is 7.89. The number of fused-ring (bicyclic) bond motifs is 1. The number of halogens is 2. The van der Waals surface area contributed by atoms with Gasteiger partial charge in [-0.05, 0) is 5.92 Å². The standard InChI is InChI=1S/C16H15Cl2N3O4S2.Na/c1-6(2)5-21-13-10(12(22)20(3)16(21)25)9(14(23)24)7(26-13)4-8-11(17)19-15(18)27-8;/h6H,4-5H2,1-3H3,(H,23,24);/q;+1/p-1. The molecule has 3 aromatic rings. The predicted molar refractivity (Wildman–Crippen MR) is 105 cm³/mol. The van der Waals surface area contributed by atoms with Gasteiger partial charge in [0, 0.05) is 30.5 Å². The maximum absolute atomic E-state index is 12.7. The van der Waals surface area contributed by atoms with Gasteiger partial charge in [0.25, 0.3) is 5.56 Å². The van der Waals surface area contributed by atoms with E-state index < -0.39 is 17.2 Å². The van der Waals surface area contributed by atoms with Crippen molar-refractivity contribution in [2.24, 2.45) is 13.0 Å². The molecule has 0 spiro atoms. The number of hydrogen-bond donors (Lipinski definition) is 0. The van der Waals surface area contributed by atoms with Crippen LogP contribution in [0, 0.1) is 5.92 Å². The Morgan fingerprint density at radius 2 is 1.86 bits per heavy atom. The molecule has 3 rings (SSSR count). The van der Waals surface area contributed by atoms with Crippen molar-refractivity contribution >= 4 is 62.1 Å². The second-order valence-electron chi connectivity index (χ2n) is 6.38. The summed E-state index contributed by atoms with van der Waals surface area (Å²) in [5.74, 6) is -1.36. The maximum Gasteiger partial charge on any atom is 1.00 e. The first-order chi connectivity index (χ1) is 12.6. The van der Waals surface area contributed by atoms with E-state index in [4.69, 9.17) is 23.2 Å². The Bertz CT molecular complexity index is 1180. The Balaban J connectivity index is 0.00000280. The second kappa shape index (κ2) is 8.99. The van der Waals surface area contributed by atoms with Crippen molar-refractivity contribution in [2.75, 3.05) is 0 Å². The zero-order valence-corrected chi connectivity index (χ0v) is 20.7. The topological polar surface area (TPSA) is 97.0 Å². The molecule has 0 aliphatic heterocycles. The SMILES string of the molecule is CC(C)Cn1c(=O)n(C)c(=O)c2c(C(=O)[O-])c(Cc3sc(Cl)nc3Cl)sc21.[Na+]. The van der Waals surface area contributed by atoms with E-state index in [2.05, 4.69) is 4.98 Å². The van der Waals surface area contributed by atoms with Crippen LogP contribution >= 0.6 is 45.9 Å². The molecule has 0 fully saturated rings. The number of carboxylic acid groups (broad SMARTS) is 1. The van der Waals surface area contributed by atoms with Gasteiger partial charge in [0.15, 0.2) is 4.47 Å². The average Bonchev–Trinajstić information content (AvgIpc) is 3.09. The second-order valence-corrected chi connectivity index (χ2v) is 9.48. The molecule has 3 heterocycles. The zero-order valence-electron chi connectivity index (χ0n) is 15.5. The van der Waals surface area contributed by atoms with Gasteiger partial charge >= 0.3 is 35.2 Å². The number of carbonyl (C=O) groups is 1. The van der Waals surface area contributed by atoms with E-state index in [9.17, 15) is 19.5 Å². The molecular weight excluding hydrogens is 456 g/mol. The minimum absolute atomic E-state index is 0. The fourth-order valence-electron chi connectivity index (χ4n) is 2.80. The van der Waals surface area contributed by atoms with Crippen molar-refractivity contribution in [1.82, 2.24) is 14.1 Å². The van der Waals surface area contributed by atoms with Gasteiger partial charge in [-0.1, -0.05) is 37.0 Å². The smallest absolute Gasteiger partial charge is 0.545 e. The number of carbonyl (C=O) groups excluding carboxylic acids is 1. The first-order valence-corrected chi connectivity index (χ1v) is 10.3. The van der Waals surface area contributed by atoms with E-state index >= 15 is 0 Å². The van der Waals surface area contributed by atoms with Crippen molar-refractivity contribution in [3.63, 3.8) is 0 Å². The fraction of sp³-hybridized carbons (Fsp3) is 0.375. The molecule has 0 atom stereocenters. The van der Waals surface area contributed by atoms with Crippen LogP contribution in [0.3, 0.4) is 0 Å². The van der Waals surface area contributed by atoms with Crippen LogP contribution in [-0.2, 0) is 20.0 Å². The number of thiazole rings is 1. The first kappa shape index (κ1) is 23.6. The maximum atomic E-state index is 12.7. The Hall–Kier alpha value is -0.680. The van der Waals surface area contributed by atoms with E-state index in [1.165, 1.54) is 11.6 Å². The van der Waals surface area contributed by atoms with Crippen molar-refractivity contribution in [2.45, 2.75) is 26.8 Å². The molecule has 0 aliphatic rings. The largest absolute Gasteiger partial charge is 1.00 e. The Kier molecular flexibility index (Phi) is 7.58. The summed E-state index contributed by atoms with van der Waals surface area (Å²) >= 11 is 14.1. The van der Waals surface area contributed by atoms with Crippen LogP contribution < -0.4 is 45.9 Å². The van der Waals surface area contributed by atoms with Crippen LogP contribution in [0.4, 0.5) is 0 Å². The fourth-order valence-corrected chi connectivity index (χ4v) is 5.60. The quantitative estimate of drug-likeness (QED) is 0.453. The van der Waals surface area contributed by atoms with Crippen LogP contribution in [0.15, 0.2) is 9.59 Å². The summed E-state index contributed by atoms with van der Waals surface area (Å²) in [4.78, 5) is 42.2. The van der Waals surface area contributed by atoms with Crippen molar-refractivity contribution in [1.29, 1.82) is 0 Å². The van der Waals surface area contributed by atoms with Crippen LogP contribution in [0.25, 0.3) is 10.2 Å². The third-order valence-electron chi connectivity index (χ3n) is 3.94. The van der Waals surface area contributed by atoms with Gasteiger partial charge in [-0.3, -0.25) is 13.9 Å². The molecule has 3 aromatic heterocycles. The van der Waals surface area contributed by atoms with Gasteiger partial charge in [-0.15, -0.1) is 22.7 Å². The van der Waals surface area contributed by atoms with Gasteiger partial charge in [-0.2, -0.15) is 0 Å². The normalized spacial score (nSPS) is 11.2. The van der Waals surface area contributed by atoms with Crippen molar-refractivity contribution in [3.05, 3.63) is 45.8 Å². The van der Waals surface area contributed by atoms with E-state index in [-0.39, 0.29) is 62.5 Å². The summed E-state index contributed by atoms with van der Waals surface area (Å²) in [6, 6.07) is 0. The molecule has 0 unspecified atom stereocenters.